The molecule has 270 valence electrons. The molecule has 0 spiro atoms. The zero-order valence-electron chi connectivity index (χ0n) is 29.3. The summed E-state index contributed by atoms with van der Waals surface area (Å²) in [6, 6.07) is 24.2. The molecule has 5 amide bonds. The number of nitrogens with zero attached hydrogens (tertiary/aromatic N) is 1. The van der Waals surface area contributed by atoms with Crippen LogP contribution in [0.1, 0.15) is 97.5 Å². The van der Waals surface area contributed by atoms with Crippen LogP contribution in [-0.4, -0.2) is 65.5 Å². The van der Waals surface area contributed by atoms with E-state index < -0.39 is 29.7 Å². The highest BCUT2D eigenvalue weighted by molar-refractivity contribution is 6.24. The van der Waals surface area contributed by atoms with Crippen LogP contribution in [0.5, 0.6) is 11.5 Å². The van der Waals surface area contributed by atoms with Gasteiger partial charge in [0.2, 0.25) is 11.8 Å². The van der Waals surface area contributed by atoms with Gasteiger partial charge in [0, 0.05) is 29.2 Å². The summed E-state index contributed by atoms with van der Waals surface area (Å²) in [4.78, 5) is 76.9. The molecule has 4 aromatic carbocycles. The number of aryl methyl sites for hydroxylation is 1. The smallest absolute Gasteiger partial charge is 0.266 e. The van der Waals surface area contributed by atoms with Gasteiger partial charge in [-0.25, -0.2) is 0 Å². The summed E-state index contributed by atoms with van der Waals surface area (Å²) < 4.78 is 11.8. The summed E-state index contributed by atoms with van der Waals surface area (Å²) >= 11 is 0. The minimum Gasteiger partial charge on any atom is -0.494 e. The Hall–Kier alpha value is -6.10. The van der Waals surface area contributed by atoms with Crippen molar-refractivity contribution in [3.05, 3.63) is 118 Å². The fourth-order valence-corrected chi connectivity index (χ4v) is 6.60. The molecule has 1 aliphatic carbocycles. The molecule has 4 aromatic rings. The van der Waals surface area contributed by atoms with Crippen molar-refractivity contribution in [3.8, 4) is 22.6 Å². The number of imide groups is 2. The first-order valence-corrected chi connectivity index (χ1v) is 17.9. The van der Waals surface area contributed by atoms with Crippen LogP contribution in [0.15, 0.2) is 84.9 Å². The monoisotopic (exact) mass is 713 g/mol. The molecule has 1 saturated carbocycles. The SMILES string of the molecule is Cc1ccc(C(=O)NC2CC2)cc1-c1ccc(C(=O)c2ccc(OCCCCCOc3cccc4c3C(=O)N(C3CCC(=O)NC3=O)C4=O)cc2)cc1. The summed E-state index contributed by atoms with van der Waals surface area (Å²) in [6.45, 7) is 2.78. The van der Waals surface area contributed by atoms with E-state index in [-0.39, 0.29) is 47.5 Å². The first-order chi connectivity index (χ1) is 25.7. The molecule has 0 bridgehead atoms. The van der Waals surface area contributed by atoms with E-state index >= 15 is 0 Å². The fraction of sp³-hybridized carbons (Fsp3) is 0.286. The molecule has 2 fully saturated rings. The quantitative estimate of drug-likeness (QED) is 0.0945. The van der Waals surface area contributed by atoms with Crippen molar-refractivity contribution in [2.75, 3.05) is 13.2 Å². The van der Waals surface area contributed by atoms with Gasteiger partial charge < -0.3 is 14.8 Å². The molecule has 1 atom stereocenters. The number of unbranched alkanes of at least 4 members (excludes halogenated alkanes) is 2. The molecule has 11 nitrogen and oxygen atoms in total. The lowest BCUT2D eigenvalue weighted by Gasteiger charge is -2.27. The second-order valence-corrected chi connectivity index (χ2v) is 13.6. The van der Waals surface area contributed by atoms with E-state index in [2.05, 4.69) is 10.6 Å². The number of amides is 5. The van der Waals surface area contributed by atoms with E-state index in [1.807, 2.05) is 37.3 Å². The third kappa shape index (κ3) is 7.74. The van der Waals surface area contributed by atoms with Gasteiger partial charge in [0.1, 0.15) is 17.5 Å². The largest absolute Gasteiger partial charge is 0.494 e. The highest BCUT2D eigenvalue weighted by Gasteiger charge is 2.46. The molecule has 1 unspecified atom stereocenters. The lowest BCUT2D eigenvalue weighted by molar-refractivity contribution is -0.136. The fourth-order valence-electron chi connectivity index (χ4n) is 6.60. The Bertz CT molecular complexity index is 2100. The summed E-state index contributed by atoms with van der Waals surface area (Å²) in [5, 5.41) is 5.23. The van der Waals surface area contributed by atoms with Gasteiger partial charge in [0.25, 0.3) is 17.7 Å². The summed E-state index contributed by atoms with van der Waals surface area (Å²) in [5.74, 6) is -1.48. The van der Waals surface area contributed by atoms with E-state index in [1.165, 1.54) is 6.07 Å². The lowest BCUT2D eigenvalue weighted by Crippen LogP contribution is -2.54. The van der Waals surface area contributed by atoms with Crippen LogP contribution >= 0.6 is 0 Å². The molecular weight excluding hydrogens is 674 g/mol. The zero-order valence-corrected chi connectivity index (χ0v) is 29.3. The molecule has 7 rings (SSSR count). The first-order valence-electron chi connectivity index (χ1n) is 17.9. The zero-order chi connectivity index (χ0) is 37.1. The normalized spacial score (nSPS) is 16.6. The van der Waals surface area contributed by atoms with Gasteiger partial charge in [-0.3, -0.25) is 39.0 Å². The van der Waals surface area contributed by atoms with Crippen molar-refractivity contribution >= 4 is 35.3 Å². The Morgan fingerprint density at radius 1 is 0.755 bits per heavy atom. The number of ketones is 1. The maximum absolute atomic E-state index is 13.2. The number of benzene rings is 4. The number of fused-ring (bicyclic) bond motifs is 1. The predicted octanol–water partition coefficient (Wildman–Crippen LogP) is 5.81. The van der Waals surface area contributed by atoms with E-state index in [0.29, 0.717) is 42.1 Å². The van der Waals surface area contributed by atoms with Gasteiger partial charge in [0.15, 0.2) is 5.78 Å². The first kappa shape index (κ1) is 35.3. The second kappa shape index (κ2) is 15.2. The van der Waals surface area contributed by atoms with Gasteiger partial charge in [-0.2, -0.15) is 0 Å². The number of nitrogens with one attached hydrogen (secondary N) is 2. The summed E-state index contributed by atoms with van der Waals surface area (Å²) in [6.07, 6.45) is 4.42. The Morgan fingerprint density at radius 3 is 2.13 bits per heavy atom. The third-order valence-corrected chi connectivity index (χ3v) is 9.73. The number of rotatable bonds is 14. The molecule has 0 radical (unpaired) electrons. The molecule has 2 heterocycles. The number of piperidine rings is 1. The Balaban J connectivity index is 0.856. The Labute approximate surface area is 306 Å². The average Bonchev–Trinajstić information content (AvgIpc) is 3.95. The van der Waals surface area contributed by atoms with Gasteiger partial charge in [-0.05, 0) is 111 Å². The van der Waals surface area contributed by atoms with Gasteiger partial charge in [0.05, 0.1) is 24.3 Å². The van der Waals surface area contributed by atoms with Crippen LogP contribution in [-0.2, 0) is 9.59 Å². The third-order valence-electron chi connectivity index (χ3n) is 9.73. The molecule has 2 aliphatic heterocycles. The van der Waals surface area contributed by atoms with Crippen LogP contribution in [0, 0.1) is 6.92 Å². The maximum Gasteiger partial charge on any atom is 0.266 e. The van der Waals surface area contributed by atoms with Crippen LogP contribution in [0.3, 0.4) is 0 Å². The molecule has 1 saturated heterocycles. The van der Waals surface area contributed by atoms with Crippen LogP contribution < -0.4 is 20.1 Å². The summed E-state index contributed by atoms with van der Waals surface area (Å²) in [7, 11) is 0. The predicted molar refractivity (Wildman–Crippen MR) is 195 cm³/mol. The molecule has 2 N–H and O–H groups in total. The van der Waals surface area contributed by atoms with Crippen LogP contribution in [0.25, 0.3) is 11.1 Å². The van der Waals surface area contributed by atoms with Gasteiger partial charge in [-0.15, -0.1) is 0 Å². The molecular formula is C42H39N3O8. The van der Waals surface area contributed by atoms with Crippen molar-refractivity contribution in [2.45, 2.75) is 64.0 Å². The average molecular weight is 714 g/mol. The highest BCUT2D eigenvalue weighted by atomic mass is 16.5. The Morgan fingerprint density at radius 2 is 1.43 bits per heavy atom. The van der Waals surface area contributed by atoms with E-state index in [9.17, 15) is 28.8 Å². The van der Waals surface area contributed by atoms with Gasteiger partial charge in [-0.1, -0.05) is 36.4 Å². The lowest BCUT2D eigenvalue weighted by atomic mass is 9.95. The van der Waals surface area contributed by atoms with Crippen LogP contribution in [0.4, 0.5) is 0 Å². The standard InChI is InChI=1S/C42H39N3O8/c1-25-8-9-29(39(48)43-30-16-17-30)24-33(25)26-10-12-27(13-11-26)38(47)28-14-18-31(19-15-28)52-22-3-2-4-23-53-35-7-5-6-32-37(35)42(51)45(41(32)50)34-20-21-36(46)44-40(34)49/h5-15,18-19,24,30,34H,2-4,16-17,20-23H2,1H3,(H,43,48)(H,44,46,49). The number of ether oxygens (including phenoxy) is 2. The maximum atomic E-state index is 13.2. The second-order valence-electron chi connectivity index (χ2n) is 13.6. The number of carbonyl (C=O) groups is 6. The molecule has 3 aliphatic rings. The van der Waals surface area contributed by atoms with Crippen molar-refractivity contribution < 1.29 is 38.2 Å². The number of carbonyl (C=O) groups excluding carboxylic acids is 6. The highest BCUT2D eigenvalue weighted by Crippen LogP contribution is 2.34. The van der Waals surface area contributed by atoms with Crippen molar-refractivity contribution in [2.24, 2.45) is 0 Å². The summed E-state index contributed by atoms with van der Waals surface area (Å²) in [5.41, 5.74) is 4.98. The van der Waals surface area contributed by atoms with Crippen molar-refractivity contribution in [1.82, 2.24) is 15.5 Å². The van der Waals surface area contributed by atoms with E-state index in [4.69, 9.17) is 9.47 Å². The Kier molecular flexibility index (Phi) is 10.2. The van der Waals surface area contributed by atoms with Crippen molar-refractivity contribution in [1.29, 1.82) is 0 Å². The number of hydrogen-bond acceptors (Lipinski definition) is 8. The topological polar surface area (TPSA) is 148 Å². The van der Waals surface area contributed by atoms with E-state index in [0.717, 1.165) is 47.3 Å². The van der Waals surface area contributed by atoms with Gasteiger partial charge >= 0.3 is 0 Å². The minimum atomic E-state index is -1.03. The van der Waals surface area contributed by atoms with Crippen molar-refractivity contribution in [3.63, 3.8) is 0 Å². The number of hydrogen-bond donors (Lipinski definition) is 2. The molecule has 11 heteroatoms. The molecule has 0 aromatic heterocycles. The minimum absolute atomic E-state index is 0.0541. The molecule has 53 heavy (non-hydrogen) atoms. The van der Waals surface area contributed by atoms with E-state index in [1.54, 1.807) is 48.5 Å². The van der Waals surface area contributed by atoms with Crippen LogP contribution in [0.2, 0.25) is 0 Å².